The number of aliphatic imine (C=N–C) groups is 1. The zero-order valence-corrected chi connectivity index (χ0v) is 17.7. The lowest BCUT2D eigenvalue weighted by molar-refractivity contribution is -0.153. The van der Waals surface area contributed by atoms with Crippen molar-refractivity contribution in [2.75, 3.05) is 37.7 Å². The number of nitrogens with zero attached hydrogens (tertiary/aromatic N) is 5. The summed E-state index contributed by atoms with van der Waals surface area (Å²) in [6.45, 7) is 6.65. The SMILES string of the molecule is CCOC(=O)[C@H]1C(=O)NC(N2CCN(c3ncccn3)CC2)=N[C@H]1c1ccc(C)cc1. The molecule has 1 N–H and O–H groups in total. The minimum absolute atomic E-state index is 0.212. The summed E-state index contributed by atoms with van der Waals surface area (Å²) < 4.78 is 5.17. The van der Waals surface area contributed by atoms with Gasteiger partial charge in [-0.05, 0) is 25.5 Å². The third-order valence-corrected chi connectivity index (χ3v) is 5.47. The first-order valence-corrected chi connectivity index (χ1v) is 10.5. The number of esters is 1. The average molecular weight is 422 g/mol. The molecule has 1 fully saturated rings. The molecule has 9 nitrogen and oxygen atoms in total. The Morgan fingerprint density at radius 2 is 1.74 bits per heavy atom. The van der Waals surface area contributed by atoms with Crippen LogP contribution in [0.5, 0.6) is 0 Å². The monoisotopic (exact) mass is 422 g/mol. The predicted octanol–water partition coefficient (Wildman–Crippen LogP) is 1.31. The molecule has 0 aliphatic carbocycles. The van der Waals surface area contributed by atoms with E-state index in [1.807, 2.05) is 36.1 Å². The van der Waals surface area contributed by atoms with E-state index in [0.29, 0.717) is 38.1 Å². The number of benzene rings is 1. The summed E-state index contributed by atoms with van der Waals surface area (Å²) in [6, 6.07) is 8.90. The van der Waals surface area contributed by atoms with Crippen LogP contribution in [0.2, 0.25) is 0 Å². The maximum atomic E-state index is 13.0. The Labute approximate surface area is 181 Å². The number of aryl methyl sites for hydroxylation is 1. The van der Waals surface area contributed by atoms with E-state index >= 15 is 0 Å². The summed E-state index contributed by atoms with van der Waals surface area (Å²) in [7, 11) is 0. The molecule has 9 heteroatoms. The number of guanidine groups is 1. The second-order valence-electron chi connectivity index (χ2n) is 7.55. The van der Waals surface area contributed by atoms with Crippen LogP contribution in [0.4, 0.5) is 5.95 Å². The lowest BCUT2D eigenvalue weighted by Crippen LogP contribution is -2.57. The van der Waals surface area contributed by atoms with Gasteiger partial charge in [0.05, 0.1) is 6.61 Å². The normalized spacial score (nSPS) is 21.4. The Morgan fingerprint density at radius 3 is 2.39 bits per heavy atom. The van der Waals surface area contributed by atoms with Crippen LogP contribution in [-0.2, 0) is 14.3 Å². The van der Waals surface area contributed by atoms with Crippen LogP contribution in [0.25, 0.3) is 0 Å². The van der Waals surface area contributed by atoms with Gasteiger partial charge >= 0.3 is 5.97 Å². The molecular formula is C22H26N6O3. The molecule has 2 aromatic rings. The molecule has 31 heavy (non-hydrogen) atoms. The van der Waals surface area contributed by atoms with E-state index < -0.39 is 17.9 Å². The van der Waals surface area contributed by atoms with E-state index in [2.05, 4.69) is 20.2 Å². The van der Waals surface area contributed by atoms with Crippen LogP contribution < -0.4 is 10.2 Å². The number of carbonyl (C=O) groups is 2. The minimum atomic E-state index is -1.01. The molecule has 4 rings (SSSR count). The molecular weight excluding hydrogens is 396 g/mol. The van der Waals surface area contributed by atoms with Gasteiger partial charge in [0.1, 0.15) is 6.04 Å². The van der Waals surface area contributed by atoms with Gasteiger partial charge in [0.25, 0.3) is 0 Å². The fraction of sp³-hybridized carbons (Fsp3) is 0.409. The smallest absolute Gasteiger partial charge is 0.321 e. The Morgan fingerprint density at radius 1 is 1.10 bits per heavy atom. The average Bonchev–Trinajstić information content (AvgIpc) is 2.80. The van der Waals surface area contributed by atoms with Crippen LogP contribution in [0, 0.1) is 12.8 Å². The van der Waals surface area contributed by atoms with Crippen molar-refractivity contribution >= 4 is 23.8 Å². The number of piperazine rings is 1. The number of anilines is 1. The van der Waals surface area contributed by atoms with Gasteiger partial charge in [-0.1, -0.05) is 29.8 Å². The summed E-state index contributed by atoms with van der Waals surface area (Å²) >= 11 is 0. The number of rotatable bonds is 4. The quantitative estimate of drug-likeness (QED) is 0.586. The second kappa shape index (κ2) is 9.11. The van der Waals surface area contributed by atoms with Gasteiger partial charge in [0.2, 0.25) is 17.8 Å². The zero-order valence-electron chi connectivity index (χ0n) is 17.7. The van der Waals surface area contributed by atoms with Crippen molar-refractivity contribution in [2.24, 2.45) is 10.9 Å². The molecule has 3 heterocycles. The van der Waals surface area contributed by atoms with Crippen molar-refractivity contribution in [3.63, 3.8) is 0 Å². The topological polar surface area (TPSA) is 100 Å². The van der Waals surface area contributed by atoms with E-state index in [9.17, 15) is 9.59 Å². The molecule has 0 bridgehead atoms. The van der Waals surface area contributed by atoms with Gasteiger partial charge in [-0.2, -0.15) is 0 Å². The van der Waals surface area contributed by atoms with Gasteiger partial charge in [-0.3, -0.25) is 14.9 Å². The van der Waals surface area contributed by atoms with E-state index in [4.69, 9.17) is 9.73 Å². The highest BCUT2D eigenvalue weighted by Crippen LogP contribution is 2.31. The number of ether oxygens (including phenoxy) is 1. The Balaban J connectivity index is 1.56. The van der Waals surface area contributed by atoms with Gasteiger partial charge in [0.15, 0.2) is 5.92 Å². The van der Waals surface area contributed by atoms with E-state index in [0.717, 1.165) is 11.1 Å². The molecule has 1 aromatic carbocycles. The highest BCUT2D eigenvalue weighted by molar-refractivity contribution is 6.08. The van der Waals surface area contributed by atoms with Crippen LogP contribution in [0.1, 0.15) is 24.1 Å². The van der Waals surface area contributed by atoms with Gasteiger partial charge in [0, 0.05) is 38.6 Å². The van der Waals surface area contributed by atoms with E-state index in [1.54, 1.807) is 25.4 Å². The summed E-state index contributed by atoms with van der Waals surface area (Å²) in [5, 5.41) is 2.83. The third kappa shape index (κ3) is 4.50. The first kappa shape index (κ1) is 20.8. The number of hydrogen-bond acceptors (Lipinski definition) is 8. The van der Waals surface area contributed by atoms with Crippen LogP contribution in [0.15, 0.2) is 47.7 Å². The first-order valence-electron chi connectivity index (χ1n) is 10.5. The maximum absolute atomic E-state index is 13.0. The van der Waals surface area contributed by atoms with E-state index in [-0.39, 0.29) is 12.5 Å². The lowest BCUT2D eigenvalue weighted by Gasteiger charge is -2.38. The highest BCUT2D eigenvalue weighted by Gasteiger charge is 2.42. The van der Waals surface area contributed by atoms with Crippen molar-refractivity contribution in [1.82, 2.24) is 20.2 Å². The summed E-state index contributed by atoms with van der Waals surface area (Å²) in [5.74, 6) is -0.769. The number of nitrogens with one attached hydrogen (secondary N) is 1. The molecule has 0 radical (unpaired) electrons. The number of carbonyl (C=O) groups excluding carboxylic acids is 2. The Kier molecular flexibility index (Phi) is 6.11. The van der Waals surface area contributed by atoms with Crippen LogP contribution >= 0.6 is 0 Å². The number of hydrogen-bond donors (Lipinski definition) is 1. The summed E-state index contributed by atoms with van der Waals surface area (Å²) in [5.41, 5.74) is 1.91. The van der Waals surface area contributed by atoms with Gasteiger partial charge in [-0.25, -0.2) is 15.0 Å². The molecule has 2 aliphatic rings. The van der Waals surface area contributed by atoms with Crippen molar-refractivity contribution < 1.29 is 14.3 Å². The maximum Gasteiger partial charge on any atom is 0.321 e. The highest BCUT2D eigenvalue weighted by atomic mass is 16.5. The fourth-order valence-electron chi connectivity index (χ4n) is 3.80. The van der Waals surface area contributed by atoms with Gasteiger partial charge in [-0.15, -0.1) is 0 Å². The van der Waals surface area contributed by atoms with Gasteiger partial charge < -0.3 is 14.5 Å². The molecule has 1 aromatic heterocycles. The molecule has 1 saturated heterocycles. The first-order chi connectivity index (χ1) is 15.1. The second-order valence-corrected chi connectivity index (χ2v) is 7.55. The summed E-state index contributed by atoms with van der Waals surface area (Å²) in [6.07, 6.45) is 3.45. The molecule has 2 atom stereocenters. The van der Waals surface area contributed by atoms with Crippen molar-refractivity contribution in [1.29, 1.82) is 0 Å². The lowest BCUT2D eigenvalue weighted by atomic mass is 9.91. The Hall–Kier alpha value is -3.49. The molecule has 0 saturated carbocycles. The zero-order chi connectivity index (χ0) is 21.8. The largest absolute Gasteiger partial charge is 0.465 e. The van der Waals surface area contributed by atoms with Crippen molar-refractivity contribution in [3.8, 4) is 0 Å². The molecule has 162 valence electrons. The predicted molar refractivity (Wildman–Crippen MR) is 115 cm³/mol. The molecule has 0 spiro atoms. The van der Waals surface area contributed by atoms with Crippen molar-refractivity contribution in [2.45, 2.75) is 19.9 Å². The van der Waals surface area contributed by atoms with E-state index in [1.165, 1.54) is 0 Å². The number of amides is 1. The number of aromatic nitrogens is 2. The standard InChI is InChI=1S/C22H26N6O3/c1-3-31-20(30)17-18(16-7-5-15(2)6-8-16)25-22(26-19(17)29)28-13-11-27(12-14-28)21-23-9-4-10-24-21/h4-10,17-18H,3,11-14H2,1-2H3,(H,25,26,29)/t17-,18+/m1/s1. The molecule has 2 aliphatic heterocycles. The van der Waals surface area contributed by atoms with Crippen LogP contribution in [-0.4, -0.2) is 65.5 Å². The van der Waals surface area contributed by atoms with Crippen LogP contribution in [0.3, 0.4) is 0 Å². The minimum Gasteiger partial charge on any atom is -0.465 e. The fourth-order valence-corrected chi connectivity index (χ4v) is 3.80. The molecule has 0 unspecified atom stereocenters. The molecule has 1 amide bonds. The Bertz CT molecular complexity index is 955. The van der Waals surface area contributed by atoms with Crippen molar-refractivity contribution in [3.05, 3.63) is 53.9 Å². The third-order valence-electron chi connectivity index (χ3n) is 5.47. The summed E-state index contributed by atoms with van der Waals surface area (Å²) in [4.78, 5) is 43.0.